The first-order valence-electron chi connectivity index (χ1n) is 8.45. The van der Waals surface area contributed by atoms with Crippen LogP contribution in [0, 0.1) is 0 Å². The molecule has 1 heterocycles. The minimum Gasteiger partial charge on any atom is -0.496 e. The minimum absolute atomic E-state index is 0.498. The maximum Gasteiger partial charge on any atom is 0.124 e. The van der Waals surface area contributed by atoms with Crippen LogP contribution in [0.4, 0.5) is 0 Å². The van der Waals surface area contributed by atoms with Crippen molar-refractivity contribution < 1.29 is 9.47 Å². The summed E-state index contributed by atoms with van der Waals surface area (Å²) in [6.45, 7) is 6.85. The Morgan fingerprint density at radius 1 is 1.12 bits per heavy atom. The first-order valence-corrected chi connectivity index (χ1v) is 8.45. The number of ether oxygens (including phenoxy) is 2. The van der Waals surface area contributed by atoms with Gasteiger partial charge in [0.15, 0.2) is 0 Å². The average molecular weight is 328 g/mol. The summed E-state index contributed by atoms with van der Waals surface area (Å²) in [4.78, 5) is 6.71. The van der Waals surface area contributed by atoms with Crippen LogP contribution in [0.2, 0.25) is 0 Å². The standard InChI is InChI=1S/C20H28N2O2/c1-5-16(2)22(14-18-7-6-10-21-12-18)13-17-8-9-20(24-4)19(11-17)15-23-3/h6-12,16H,5,13-15H2,1-4H3/t16-/m1/s1. The number of aromatic nitrogens is 1. The molecule has 2 aromatic rings. The molecular formula is C20H28N2O2. The van der Waals surface area contributed by atoms with Gasteiger partial charge in [-0.3, -0.25) is 9.88 Å². The highest BCUT2D eigenvalue weighted by atomic mass is 16.5. The van der Waals surface area contributed by atoms with E-state index in [1.165, 1.54) is 11.1 Å². The minimum atomic E-state index is 0.498. The van der Waals surface area contributed by atoms with Crippen LogP contribution in [-0.2, 0) is 24.4 Å². The zero-order valence-electron chi connectivity index (χ0n) is 15.2. The second kappa shape index (κ2) is 9.40. The Morgan fingerprint density at radius 2 is 1.92 bits per heavy atom. The number of hydrogen-bond donors (Lipinski definition) is 0. The molecule has 0 amide bonds. The highest BCUT2D eigenvalue weighted by Crippen LogP contribution is 2.23. The molecule has 130 valence electrons. The molecule has 0 aliphatic rings. The van der Waals surface area contributed by atoms with Gasteiger partial charge in [-0.05, 0) is 42.7 Å². The summed E-state index contributed by atoms with van der Waals surface area (Å²) in [7, 11) is 3.40. The van der Waals surface area contributed by atoms with Crippen molar-refractivity contribution in [1.82, 2.24) is 9.88 Å². The molecule has 1 atom stereocenters. The van der Waals surface area contributed by atoms with Crippen molar-refractivity contribution in [3.8, 4) is 5.75 Å². The molecule has 0 aliphatic carbocycles. The first kappa shape index (κ1) is 18.4. The predicted molar refractivity (Wildman–Crippen MR) is 96.9 cm³/mol. The molecule has 4 heteroatoms. The van der Waals surface area contributed by atoms with Gasteiger partial charge in [0.05, 0.1) is 13.7 Å². The van der Waals surface area contributed by atoms with Gasteiger partial charge in [-0.2, -0.15) is 0 Å². The number of rotatable bonds is 9. The topological polar surface area (TPSA) is 34.6 Å². The maximum atomic E-state index is 5.42. The number of methoxy groups -OCH3 is 2. The van der Waals surface area contributed by atoms with Crippen LogP contribution in [-0.4, -0.2) is 30.1 Å². The summed E-state index contributed by atoms with van der Waals surface area (Å²) in [6.07, 6.45) is 4.87. The summed E-state index contributed by atoms with van der Waals surface area (Å²) >= 11 is 0. The third-order valence-electron chi connectivity index (χ3n) is 4.35. The molecule has 1 aromatic heterocycles. The first-order chi connectivity index (χ1) is 11.7. The van der Waals surface area contributed by atoms with Crippen molar-refractivity contribution >= 4 is 0 Å². The van der Waals surface area contributed by atoms with E-state index in [0.717, 1.165) is 30.8 Å². The van der Waals surface area contributed by atoms with Gasteiger partial charge in [0, 0.05) is 44.2 Å². The molecule has 0 aliphatic heterocycles. The molecule has 1 aromatic carbocycles. The third kappa shape index (κ3) is 5.05. The van der Waals surface area contributed by atoms with E-state index in [1.54, 1.807) is 14.2 Å². The average Bonchev–Trinajstić information content (AvgIpc) is 2.62. The van der Waals surface area contributed by atoms with E-state index >= 15 is 0 Å². The van der Waals surface area contributed by atoms with E-state index in [9.17, 15) is 0 Å². The fraction of sp³-hybridized carbons (Fsp3) is 0.450. The van der Waals surface area contributed by atoms with E-state index in [4.69, 9.17) is 9.47 Å². The second-order valence-electron chi connectivity index (χ2n) is 6.10. The summed E-state index contributed by atoms with van der Waals surface area (Å²) in [5.41, 5.74) is 3.60. The van der Waals surface area contributed by atoms with Gasteiger partial charge in [-0.1, -0.05) is 19.1 Å². The van der Waals surface area contributed by atoms with Gasteiger partial charge < -0.3 is 9.47 Å². The smallest absolute Gasteiger partial charge is 0.124 e. The molecular weight excluding hydrogens is 300 g/mol. The quantitative estimate of drug-likeness (QED) is 0.696. The molecule has 24 heavy (non-hydrogen) atoms. The van der Waals surface area contributed by atoms with Gasteiger partial charge in [0.2, 0.25) is 0 Å². The Morgan fingerprint density at radius 3 is 2.54 bits per heavy atom. The van der Waals surface area contributed by atoms with Crippen molar-refractivity contribution in [3.05, 3.63) is 59.4 Å². The zero-order valence-corrected chi connectivity index (χ0v) is 15.2. The fourth-order valence-corrected chi connectivity index (χ4v) is 2.79. The molecule has 0 fully saturated rings. The number of nitrogens with zero attached hydrogens (tertiary/aromatic N) is 2. The second-order valence-corrected chi connectivity index (χ2v) is 6.10. The van der Waals surface area contributed by atoms with E-state index in [0.29, 0.717) is 12.6 Å². The fourth-order valence-electron chi connectivity index (χ4n) is 2.79. The molecule has 0 unspecified atom stereocenters. The Balaban J connectivity index is 2.18. The lowest BCUT2D eigenvalue weighted by Crippen LogP contribution is -2.31. The van der Waals surface area contributed by atoms with Crippen molar-refractivity contribution in [2.24, 2.45) is 0 Å². The van der Waals surface area contributed by atoms with Crippen LogP contribution in [0.1, 0.15) is 37.0 Å². The highest BCUT2D eigenvalue weighted by molar-refractivity contribution is 5.37. The Hall–Kier alpha value is -1.91. The van der Waals surface area contributed by atoms with E-state index < -0.39 is 0 Å². The van der Waals surface area contributed by atoms with Gasteiger partial charge in [0.1, 0.15) is 5.75 Å². The van der Waals surface area contributed by atoms with Crippen LogP contribution < -0.4 is 4.74 Å². The van der Waals surface area contributed by atoms with Gasteiger partial charge in [-0.15, -0.1) is 0 Å². The summed E-state index contributed by atoms with van der Waals surface area (Å²) in [5.74, 6) is 0.878. The van der Waals surface area contributed by atoms with Crippen molar-refractivity contribution in [3.63, 3.8) is 0 Å². The summed E-state index contributed by atoms with van der Waals surface area (Å²) in [5, 5.41) is 0. The molecule has 0 bridgehead atoms. The van der Waals surface area contributed by atoms with Crippen LogP contribution >= 0.6 is 0 Å². The lowest BCUT2D eigenvalue weighted by molar-refractivity contribution is 0.179. The van der Waals surface area contributed by atoms with Crippen molar-refractivity contribution in [2.45, 2.75) is 46.0 Å². The highest BCUT2D eigenvalue weighted by Gasteiger charge is 2.14. The lowest BCUT2D eigenvalue weighted by Gasteiger charge is -2.28. The van der Waals surface area contributed by atoms with Crippen molar-refractivity contribution in [2.75, 3.05) is 14.2 Å². The Bertz CT molecular complexity index is 616. The van der Waals surface area contributed by atoms with Crippen LogP contribution in [0.5, 0.6) is 5.75 Å². The largest absolute Gasteiger partial charge is 0.496 e. The molecule has 0 N–H and O–H groups in total. The van der Waals surface area contributed by atoms with Crippen LogP contribution in [0.25, 0.3) is 0 Å². The molecule has 4 nitrogen and oxygen atoms in total. The van der Waals surface area contributed by atoms with Crippen LogP contribution in [0.3, 0.4) is 0 Å². The van der Waals surface area contributed by atoms with Gasteiger partial charge in [-0.25, -0.2) is 0 Å². The van der Waals surface area contributed by atoms with E-state index in [2.05, 4.69) is 41.9 Å². The van der Waals surface area contributed by atoms with E-state index in [1.807, 2.05) is 24.5 Å². The summed E-state index contributed by atoms with van der Waals surface area (Å²) < 4.78 is 10.7. The SMILES string of the molecule is CC[C@@H](C)N(Cc1cccnc1)Cc1ccc(OC)c(COC)c1. The van der Waals surface area contributed by atoms with Gasteiger partial charge >= 0.3 is 0 Å². The Kier molecular flexibility index (Phi) is 7.22. The van der Waals surface area contributed by atoms with Gasteiger partial charge in [0.25, 0.3) is 0 Å². The third-order valence-corrected chi connectivity index (χ3v) is 4.35. The zero-order chi connectivity index (χ0) is 17.4. The molecule has 0 radical (unpaired) electrons. The Labute approximate surface area is 145 Å². The number of benzene rings is 1. The number of hydrogen-bond acceptors (Lipinski definition) is 4. The van der Waals surface area contributed by atoms with Crippen molar-refractivity contribution in [1.29, 1.82) is 0 Å². The lowest BCUT2D eigenvalue weighted by atomic mass is 10.1. The molecule has 0 saturated carbocycles. The van der Waals surface area contributed by atoms with E-state index in [-0.39, 0.29) is 0 Å². The predicted octanol–water partition coefficient (Wildman–Crippen LogP) is 4.04. The normalized spacial score (nSPS) is 12.4. The summed E-state index contributed by atoms with van der Waals surface area (Å²) in [6, 6.07) is 11.0. The molecule has 0 saturated heterocycles. The molecule has 0 spiro atoms. The molecule has 2 rings (SSSR count). The van der Waals surface area contributed by atoms with Crippen LogP contribution in [0.15, 0.2) is 42.7 Å². The maximum absolute atomic E-state index is 5.42. The monoisotopic (exact) mass is 328 g/mol. The number of pyridine rings is 1.